The Hall–Kier alpha value is -2.56. The smallest absolute Gasteiger partial charge is 0.326 e. The Balaban J connectivity index is 2.56. The molecule has 5 heteroatoms. The molecule has 0 saturated carbocycles. The highest BCUT2D eigenvalue weighted by Crippen LogP contribution is 2.18. The number of aromatic nitrogens is 2. The number of aliphatic carboxylic acids is 1. The Morgan fingerprint density at radius 3 is 2.42 bits per heavy atom. The molecule has 3 rings (SSSR count). The van der Waals surface area contributed by atoms with E-state index >= 15 is 0 Å². The van der Waals surface area contributed by atoms with Crippen LogP contribution in [0.15, 0.2) is 47.4 Å². The van der Waals surface area contributed by atoms with Gasteiger partial charge in [-0.2, -0.15) is 0 Å². The molecule has 2 aromatic heterocycles. The molecule has 0 amide bonds. The molecule has 0 radical (unpaired) electrons. The monoisotopic (exact) mass is 256 g/mol. The second-order valence-electron chi connectivity index (χ2n) is 4.44. The normalized spacial score (nSPS) is 12.9. The number of benzene rings is 1. The summed E-state index contributed by atoms with van der Waals surface area (Å²) in [6, 6.07) is 9.85. The molecule has 2 heterocycles. The molecule has 3 aromatic rings. The fourth-order valence-electron chi connectivity index (χ4n) is 2.36. The lowest BCUT2D eigenvalue weighted by Crippen LogP contribution is -2.29. The van der Waals surface area contributed by atoms with Gasteiger partial charge in [0, 0.05) is 6.20 Å². The van der Waals surface area contributed by atoms with Crippen LogP contribution in [0.25, 0.3) is 16.6 Å². The Morgan fingerprint density at radius 1 is 1.11 bits per heavy atom. The number of fused-ring (bicyclic) bond motifs is 3. The molecule has 96 valence electrons. The molecule has 5 nitrogen and oxygen atoms in total. The fraction of sp³-hybridized carbons (Fsp3) is 0.143. The van der Waals surface area contributed by atoms with E-state index < -0.39 is 12.0 Å². The number of carboxylic acid groups (broad SMARTS) is 1. The van der Waals surface area contributed by atoms with Gasteiger partial charge in [-0.05, 0) is 31.2 Å². The van der Waals surface area contributed by atoms with Crippen molar-refractivity contribution in [3.8, 4) is 0 Å². The summed E-state index contributed by atoms with van der Waals surface area (Å²) in [4.78, 5) is 23.6. The molecule has 0 aliphatic carbocycles. The third kappa shape index (κ3) is 1.55. The first-order valence-electron chi connectivity index (χ1n) is 5.94. The van der Waals surface area contributed by atoms with E-state index in [2.05, 4.69) is 0 Å². The molecule has 0 saturated heterocycles. The van der Waals surface area contributed by atoms with Gasteiger partial charge in [0.15, 0.2) is 0 Å². The van der Waals surface area contributed by atoms with Gasteiger partial charge in [0.25, 0.3) is 5.56 Å². The van der Waals surface area contributed by atoms with Crippen molar-refractivity contribution in [3.63, 3.8) is 0 Å². The van der Waals surface area contributed by atoms with Crippen LogP contribution in [0, 0.1) is 0 Å². The lowest BCUT2D eigenvalue weighted by atomic mass is 10.2. The zero-order valence-electron chi connectivity index (χ0n) is 10.3. The van der Waals surface area contributed by atoms with Gasteiger partial charge in [0.2, 0.25) is 0 Å². The van der Waals surface area contributed by atoms with Gasteiger partial charge in [-0.1, -0.05) is 12.1 Å². The first-order valence-corrected chi connectivity index (χ1v) is 5.94. The summed E-state index contributed by atoms with van der Waals surface area (Å²) < 4.78 is 3.11. The molecule has 1 N–H and O–H groups in total. The first kappa shape index (κ1) is 11.5. The number of carbonyl (C=O) groups is 1. The second-order valence-corrected chi connectivity index (χ2v) is 4.44. The minimum absolute atomic E-state index is 0.293. The molecule has 0 fully saturated rings. The van der Waals surface area contributed by atoms with Crippen LogP contribution in [0.2, 0.25) is 0 Å². The summed E-state index contributed by atoms with van der Waals surface area (Å²) in [7, 11) is 0. The van der Waals surface area contributed by atoms with Crippen LogP contribution in [0.4, 0.5) is 0 Å². The highest BCUT2D eigenvalue weighted by atomic mass is 16.4. The largest absolute Gasteiger partial charge is 0.480 e. The van der Waals surface area contributed by atoms with E-state index in [1.807, 2.05) is 12.1 Å². The van der Waals surface area contributed by atoms with Crippen molar-refractivity contribution in [2.45, 2.75) is 13.0 Å². The number of hydrogen-bond acceptors (Lipinski definition) is 2. The van der Waals surface area contributed by atoms with E-state index in [9.17, 15) is 14.7 Å². The van der Waals surface area contributed by atoms with Crippen LogP contribution >= 0.6 is 0 Å². The number of rotatable bonds is 2. The summed E-state index contributed by atoms with van der Waals surface area (Å²) in [5.41, 5.74) is 1.62. The van der Waals surface area contributed by atoms with E-state index in [0.29, 0.717) is 11.0 Å². The van der Waals surface area contributed by atoms with Gasteiger partial charge in [-0.3, -0.25) is 9.36 Å². The van der Waals surface area contributed by atoms with Crippen LogP contribution < -0.4 is 5.56 Å². The standard InChI is InChI=1S/C14H12N2O3/c1-9(14(18)19)16-11-6-3-2-5-10(11)15-8-4-7-12(15)13(16)17/h2-9H,1H3,(H,18,19). The van der Waals surface area contributed by atoms with Crippen LogP contribution in [0.5, 0.6) is 0 Å². The zero-order valence-corrected chi connectivity index (χ0v) is 10.3. The van der Waals surface area contributed by atoms with Gasteiger partial charge in [0.05, 0.1) is 11.0 Å². The van der Waals surface area contributed by atoms with Crippen molar-refractivity contribution in [1.29, 1.82) is 0 Å². The van der Waals surface area contributed by atoms with Gasteiger partial charge in [-0.15, -0.1) is 0 Å². The lowest BCUT2D eigenvalue weighted by Gasteiger charge is -2.15. The summed E-state index contributed by atoms with van der Waals surface area (Å²) in [6.07, 6.45) is 1.80. The number of para-hydroxylation sites is 2. The Morgan fingerprint density at radius 2 is 1.74 bits per heavy atom. The highest BCUT2D eigenvalue weighted by molar-refractivity contribution is 5.82. The van der Waals surface area contributed by atoms with Crippen molar-refractivity contribution in [2.75, 3.05) is 0 Å². The van der Waals surface area contributed by atoms with Crippen molar-refractivity contribution < 1.29 is 9.90 Å². The Bertz CT molecular complexity index is 845. The molecule has 1 atom stereocenters. The van der Waals surface area contributed by atoms with Crippen molar-refractivity contribution in [3.05, 3.63) is 52.9 Å². The van der Waals surface area contributed by atoms with Crippen LogP contribution in [0.1, 0.15) is 13.0 Å². The fourth-order valence-corrected chi connectivity index (χ4v) is 2.36. The number of carboxylic acids is 1. The average Bonchev–Trinajstić information content (AvgIpc) is 2.88. The molecule has 0 aliphatic rings. The summed E-state index contributed by atoms with van der Waals surface area (Å²) in [5, 5.41) is 9.18. The maximum Gasteiger partial charge on any atom is 0.326 e. The average molecular weight is 256 g/mol. The van der Waals surface area contributed by atoms with E-state index in [4.69, 9.17) is 0 Å². The quantitative estimate of drug-likeness (QED) is 0.761. The van der Waals surface area contributed by atoms with Gasteiger partial charge in [-0.25, -0.2) is 4.79 Å². The van der Waals surface area contributed by atoms with E-state index in [-0.39, 0.29) is 5.56 Å². The predicted octanol–water partition coefficient (Wildman–Crippen LogP) is 1.90. The van der Waals surface area contributed by atoms with Crippen LogP contribution in [-0.4, -0.2) is 20.0 Å². The van der Waals surface area contributed by atoms with E-state index in [0.717, 1.165) is 5.52 Å². The third-order valence-electron chi connectivity index (χ3n) is 3.33. The molecule has 1 unspecified atom stereocenters. The third-order valence-corrected chi connectivity index (χ3v) is 3.33. The second kappa shape index (κ2) is 3.98. The molecule has 1 aromatic carbocycles. The minimum Gasteiger partial charge on any atom is -0.480 e. The number of nitrogens with zero attached hydrogens (tertiary/aromatic N) is 2. The van der Waals surface area contributed by atoms with Crippen LogP contribution in [0.3, 0.4) is 0 Å². The molecule has 0 aliphatic heterocycles. The summed E-state index contributed by atoms with van der Waals surface area (Å²) in [5.74, 6) is -1.02. The molecule has 0 spiro atoms. The Labute approximate surface area is 108 Å². The summed E-state index contributed by atoms with van der Waals surface area (Å²) >= 11 is 0. The van der Waals surface area contributed by atoms with E-state index in [1.165, 1.54) is 11.5 Å². The highest BCUT2D eigenvalue weighted by Gasteiger charge is 2.19. The maximum atomic E-state index is 12.4. The van der Waals surface area contributed by atoms with Crippen molar-refractivity contribution in [1.82, 2.24) is 8.97 Å². The molecule has 19 heavy (non-hydrogen) atoms. The summed E-state index contributed by atoms with van der Waals surface area (Å²) in [6.45, 7) is 1.51. The zero-order chi connectivity index (χ0) is 13.6. The lowest BCUT2D eigenvalue weighted by molar-refractivity contribution is -0.140. The predicted molar refractivity (Wildman–Crippen MR) is 71.5 cm³/mol. The maximum absolute atomic E-state index is 12.4. The number of hydrogen-bond donors (Lipinski definition) is 1. The van der Waals surface area contributed by atoms with Gasteiger partial charge < -0.3 is 9.51 Å². The van der Waals surface area contributed by atoms with E-state index in [1.54, 1.807) is 34.9 Å². The molecular weight excluding hydrogens is 244 g/mol. The van der Waals surface area contributed by atoms with Crippen molar-refractivity contribution in [2.24, 2.45) is 0 Å². The molecular formula is C14H12N2O3. The topological polar surface area (TPSA) is 63.7 Å². The van der Waals surface area contributed by atoms with Gasteiger partial charge >= 0.3 is 5.97 Å². The van der Waals surface area contributed by atoms with Crippen LogP contribution in [-0.2, 0) is 4.79 Å². The SMILES string of the molecule is CC(C(=O)O)n1c(=O)c2cccn2c2ccccc21. The Kier molecular flexibility index (Phi) is 2.41. The first-order chi connectivity index (χ1) is 9.11. The minimum atomic E-state index is -1.02. The van der Waals surface area contributed by atoms with Gasteiger partial charge in [0.1, 0.15) is 11.6 Å². The van der Waals surface area contributed by atoms with Crippen molar-refractivity contribution >= 4 is 22.5 Å². The molecule has 0 bridgehead atoms.